The highest BCUT2D eigenvalue weighted by Crippen LogP contribution is 2.33. The van der Waals surface area contributed by atoms with Crippen molar-refractivity contribution in [2.45, 2.75) is 19.8 Å². The summed E-state index contributed by atoms with van der Waals surface area (Å²) in [6.45, 7) is 2.16. The van der Waals surface area contributed by atoms with Crippen LogP contribution in [0.15, 0.2) is 66.8 Å². The smallest absolute Gasteiger partial charge is 0.0106 e. The molecular weight excluding hydrogens is 228 g/mol. The summed E-state index contributed by atoms with van der Waals surface area (Å²) in [5.41, 5.74) is 6.79. The molecule has 94 valence electrons. The molecule has 1 aliphatic carbocycles. The second-order valence-corrected chi connectivity index (χ2v) is 5.07. The van der Waals surface area contributed by atoms with Crippen LogP contribution in [0.25, 0.3) is 16.7 Å². The van der Waals surface area contributed by atoms with Gasteiger partial charge in [0.15, 0.2) is 0 Å². The van der Waals surface area contributed by atoms with Gasteiger partial charge in [0.05, 0.1) is 0 Å². The molecule has 0 atom stereocenters. The molecule has 0 bridgehead atoms. The van der Waals surface area contributed by atoms with Gasteiger partial charge in [0.1, 0.15) is 0 Å². The first-order valence-electron chi connectivity index (χ1n) is 6.87. The summed E-state index contributed by atoms with van der Waals surface area (Å²) >= 11 is 0. The average molecular weight is 246 g/mol. The minimum atomic E-state index is 1.14. The molecule has 0 amide bonds. The Morgan fingerprint density at radius 2 is 1.74 bits per heavy atom. The van der Waals surface area contributed by atoms with E-state index < -0.39 is 0 Å². The lowest BCUT2D eigenvalue weighted by Gasteiger charge is -2.15. The molecule has 2 aromatic rings. The summed E-state index contributed by atoms with van der Waals surface area (Å²) in [5, 5.41) is 0. The highest BCUT2D eigenvalue weighted by molar-refractivity contribution is 5.82. The molecule has 0 fully saturated rings. The Labute approximate surface area is 115 Å². The van der Waals surface area contributed by atoms with E-state index in [1.165, 1.54) is 27.8 Å². The minimum Gasteiger partial charge on any atom is -0.0842 e. The molecule has 0 aliphatic heterocycles. The minimum absolute atomic E-state index is 1.14. The van der Waals surface area contributed by atoms with Crippen LogP contribution < -0.4 is 0 Å². The Hall–Kier alpha value is -2.08. The molecule has 0 radical (unpaired) electrons. The van der Waals surface area contributed by atoms with E-state index in [1.807, 2.05) is 0 Å². The van der Waals surface area contributed by atoms with Crippen LogP contribution in [0.3, 0.4) is 0 Å². The first-order valence-corrected chi connectivity index (χ1v) is 6.87. The summed E-state index contributed by atoms with van der Waals surface area (Å²) in [7, 11) is 0. The Morgan fingerprint density at radius 1 is 0.895 bits per heavy atom. The quantitative estimate of drug-likeness (QED) is 0.666. The van der Waals surface area contributed by atoms with Gasteiger partial charge in [-0.2, -0.15) is 0 Å². The van der Waals surface area contributed by atoms with E-state index in [0.717, 1.165) is 12.8 Å². The number of benzene rings is 2. The molecule has 19 heavy (non-hydrogen) atoms. The second kappa shape index (κ2) is 5.27. The average Bonchev–Trinajstić information content (AvgIpc) is 2.49. The van der Waals surface area contributed by atoms with Gasteiger partial charge in [-0.25, -0.2) is 0 Å². The predicted octanol–water partition coefficient (Wildman–Crippen LogP) is 5.40. The number of aryl methyl sites for hydroxylation is 1. The van der Waals surface area contributed by atoms with Crippen LogP contribution in [0.1, 0.15) is 24.0 Å². The number of rotatable bonds is 2. The predicted molar refractivity (Wildman–Crippen MR) is 83.0 cm³/mol. The van der Waals surface area contributed by atoms with E-state index >= 15 is 0 Å². The molecule has 0 unspecified atom stereocenters. The second-order valence-electron chi connectivity index (χ2n) is 5.07. The molecule has 3 rings (SSSR count). The molecule has 0 N–H and O–H groups in total. The SMILES string of the molecule is Cc1ccc(C2=CC=CCC2)c(-c2ccccc2)c1. The van der Waals surface area contributed by atoms with Crippen molar-refractivity contribution in [3.8, 4) is 11.1 Å². The molecule has 0 heteroatoms. The van der Waals surface area contributed by atoms with Gasteiger partial charge in [-0.1, -0.05) is 72.3 Å². The number of hydrogen-bond acceptors (Lipinski definition) is 0. The maximum atomic E-state index is 2.30. The first kappa shape index (κ1) is 12.0. The Bertz CT molecular complexity index is 630. The van der Waals surface area contributed by atoms with E-state index in [0.29, 0.717) is 0 Å². The van der Waals surface area contributed by atoms with Crippen LogP contribution in [-0.2, 0) is 0 Å². The van der Waals surface area contributed by atoms with Crippen molar-refractivity contribution < 1.29 is 0 Å². The fourth-order valence-corrected chi connectivity index (χ4v) is 2.62. The third-order valence-electron chi connectivity index (χ3n) is 3.62. The van der Waals surface area contributed by atoms with Crippen LogP contribution in [0, 0.1) is 6.92 Å². The molecule has 0 spiro atoms. The number of allylic oxidation sites excluding steroid dienone is 4. The van der Waals surface area contributed by atoms with Gasteiger partial charge in [0, 0.05) is 0 Å². The van der Waals surface area contributed by atoms with Crippen LogP contribution >= 0.6 is 0 Å². The third-order valence-corrected chi connectivity index (χ3v) is 3.62. The monoisotopic (exact) mass is 246 g/mol. The van der Waals surface area contributed by atoms with Crippen molar-refractivity contribution in [3.63, 3.8) is 0 Å². The zero-order valence-corrected chi connectivity index (χ0v) is 11.3. The molecular formula is C19H18. The number of hydrogen-bond donors (Lipinski definition) is 0. The molecule has 0 saturated carbocycles. The normalized spacial score (nSPS) is 14.3. The summed E-state index contributed by atoms with van der Waals surface area (Å²) in [6, 6.07) is 17.4. The lowest BCUT2D eigenvalue weighted by molar-refractivity contribution is 1.05. The molecule has 1 aliphatic rings. The van der Waals surface area contributed by atoms with Gasteiger partial charge >= 0.3 is 0 Å². The van der Waals surface area contributed by atoms with Crippen molar-refractivity contribution in [3.05, 3.63) is 77.9 Å². The van der Waals surface area contributed by atoms with Crippen molar-refractivity contribution in [2.24, 2.45) is 0 Å². The summed E-state index contributed by atoms with van der Waals surface area (Å²) in [6.07, 6.45) is 8.95. The summed E-state index contributed by atoms with van der Waals surface area (Å²) < 4.78 is 0. The summed E-state index contributed by atoms with van der Waals surface area (Å²) in [4.78, 5) is 0. The van der Waals surface area contributed by atoms with E-state index in [1.54, 1.807) is 0 Å². The van der Waals surface area contributed by atoms with Crippen molar-refractivity contribution in [1.82, 2.24) is 0 Å². The maximum Gasteiger partial charge on any atom is -0.0106 e. The fourth-order valence-electron chi connectivity index (χ4n) is 2.62. The van der Waals surface area contributed by atoms with Crippen LogP contribution in [0.2, 0.25) is 0 Å². The Balaban J connectivity index is 2.15. The maximum absolute atomic E-state index is 2.30. The highest BCUT2D eigenvalue weighted by atomic mass is 14.1. The van der Waals surface area contributed by atoms with Crippen molar-refractivity contribution in [2.75, 3.05) is 0 Å². The van der Waals surface area contributed by atoms with Gasteiger partial charge in [0.2, 0.25) is 0 Å². The molecule has 0 heterocycles. The fraction of sp³-hybridized carbons (Fsp3) is 0.158. The van der Waals surface area contributed by atoms with E-state index in [4.69, 9.17) is 0 Å². The standard InChI is InChI=1S/C19H18/c1-15-12-13-18(16-8-4-2-5-9-16)19(14-15)17-10-6-3-7-11-17/h2-4,6-8,10-14H,5,9H2,1H3. The first-order chi connectivity index (χ1) is 9.34. The van der Waals surface area contributed by atoms with E-state index in [2.05, 4.69) is 73.7 Å². The van der Waals surface area contributed by atoms with E-state index in [9.17, 15) is 0 Å². The molecule has 0 nitrogen and oxygen atoms in total. The lowest BCUT2D eigenvalue weighted by atomic mass is 9.89. The topological polar surface area (TPSA) is 0 Å². The van der Waals surface area contributed by atoms with Crippen LogP contribution in [-0.4, -0.2) is 0 Å². The lowest BCUT2D eigenvalue weighted by Crippen LogP contribution is -1.93. The van der Waals surface area contributed by atoms with E-state index in [-0.39, 0.29) is 0 Å². The van der Waals surface area contributed by atoms with Gasteiger partial charge < -0.3 is 0 Å². The van der Waals surface area contributed by atoms with Crippen molar-refractivity contribution >= 4 is 5.57 Å². The Kier molecular flexibility index (Phi) is 3.33. The van der Waals surface area contributed by atoms with Crippen molar-refractivity contribution in [1.29, 1.82) is 0 Å². The highest BCUT2D eigenvalue weighted by Gasteiger charge is 2.10. The third kappa shape index (κ3) is 2.53. The zero-order chi connectivity index (χ0) is 13.1. The van der Waals surface area contributed by atoms with Gasteiger partial charge in [-0.05, 0) is 42.0 Å². The largest absolute Gasteiger partial charge is 0.0842 e. The van der Waals surface area contributed by atoms with Crippen LogP contribution in [0.5, 0.6) is 0 Å². The van der Waals surface area contributed by atoms with Gasteiger partial charge in [0.25, 0.3) is 0 Å². The molecule has 0 saturated heterocycles. The van der Waals surface area contributed by atoms with Gasteiger partial charge in [-0.3, -0.25) is 0 Å². The van der Waals surface area contributed by atoms with Crippen LogP contribution in [0.4, 0.5) is 0 Å². The molecule has 0 aromatic heterocycles. The summed E-state index contributed by atoms with van der Waals surface area (Å²) in [5.74, 6) is 0. The van der Waals surface area contributed by atoms with Gasteiger partial charge in [-0.15, -0.1) is 0 Å². The zero-order valence-electron chi connectivity index (χ0n) is 11.3. The molecule has 2 aromatic carbocycles. The Morgan fingerprint density at radius 3 is 2.47 bits per heavy atom.